The Morgan fingerprint density at radius 3 is 2.35 bits per heavy atom. The molecule has 0 saturated carbocycles. The molecule has 0 bridgehead atoms. The van der Waals surface area contributed by atoms with Crippen molar-refractivity contribution >= 4 is 80.6 Å². The molecular weight excluding hydrogens is 567 g/mol. The summed E-state index contributed by atoms with van der Waals surface area (Å²) in [6.45, 7) is 1.70. The number of thioether (sulfide) groups is 2. The molecule has 2 aromatic carbocycles. The molecule has 1 unspecified atom stereocenters. The number of rotatable bonds is 7. The molecule has 3 aliphatic rings. The molecule has 0 spiro atoms. The molecule has 0 radical (unpaired) electrons. The van der Waals surface area contributed by atoms with Gasteiger partial charge in [-0.05, 0) is 31.5 Å². The molecular formula is C29H27N3O5S3. The van der Waals surface area contributed by atoms with Crippen LogP contribution in [0, 0.1) is 0 Å². The van der Waals surface area contributed by atoms with Gasteiger partial charge in [0.05, 0.1) is 23.1 Å². The molecule has 2 saturated heterocycles. The first-order chi connectivity index (χ1) is 19.3. The number of ether oxygens (including phenoxy) is 1. The first-order valence-corrected chi connectivity index (χ1v) is 14.7. The molecule has 8 nitrogen and oxygen atoms in total. The van der Waals surface area contributed by atoms with Crippen LogP contribution in [0.15, 0.2) is 70.6 Å². The SMILES string of the molecule is CCN1C(=O)/C(=C2\SC(C/C=C/C3=C(OC)c4ccccc4N(C)c4ccccc43)C(=O)N2CC(=O)O)SC1=S. The third kappa shape index (κ3) is 4.93. The quantitative estimate of drug-likeness (QED) is 0.339. The predicted molar refractivity (Wildman–Crippen MR) is 164 cm³/mol. The molecule has 1 atom stereocenters. The van der Waals surface area contributed by atoms with Crippen molar-refractivity contribution in [1.29, 1.82) is 0 Å². The van der Waals surface area contributed by atoms with Gasteiger partial charge >= 0.3 is 5.97 Å². The van der Waals surface area contributed by atoms with Crippen LogP contribution in [0.2, 0.25) is 0 Å². The lowest BCUT2D eigenvalue weighted by Gasteiger charge is -2.22. The number of carboxylic acids is 1. The fraction of sp³-hybridized carbons (Fsp3) is 0.241. The van der Waals surface area contributed by atoms with Crippen molar-refractivity contribution in [3.8, 4) is 0 Å². The molecule has 1 N–H and O–H groups in total. The Kier molecular flexibility index (Phi) is 8.07. The second-order valence-corrected chi connectivity index (χ2v) is 12.0. The monoisotopic (exact) mass is 593 g/mol. The fourth-order valence-corrected chi connectivity index (χ4v) is 7.78. The molecule has 2 fully saturated rings. The Morgan fingerprint density at radius 2 is 1.73 bits per heavy atom. The number of likely N-dealkylation sites (N-methyl/N-ethyl adjacent to an activating group) is 1. The van der Waals surface area contributed by atoms with Crippen molar-refractivity contribution in [2.45, 2.75) is 18.6 Å². The summed E-state index contributed by atoms with van der Waals surface area (Å²) in [6, 6.07) is 16.1. The molecule has 206 valence electrons. The summed E-state index contributed by atoms with van der Waals surface area (Å²) in [6.07, 6.45) is 4.20. The Hall–Kier alpha value is -3.54. The maximum atomic E-state index is 13.4. The largest absolute Gasteiger partial charge is 0.495 e. The summed E-state index contributed by atoms with van der Waals surface area (Å²) in [5, 5.41) is 9.25. The summed E-state index contributed by atoms with van der Waals surface area (Å²) in [5.74, 6) is -1.08. The summed E-state index contributed by atoms with van der Waals surface area (Å²) >= 11 is 7.66. The van der Waals surface area contributed by atoms with Crippen LogP contribution in [0.4, 0.5) is 11.4 Å². The average Bonchev–Trinajstić information content (AvgIpc) is 3.37. The van der Waals surface area contributed by atoms with Gasteiger partial charge in [-0.3, -0.25) is 24.2 Å². The van der Waals surface area contributed by atoms with E-state index >= 15 is 0 Å². The number of carboxylic acid groups (broad SMARTS) is 1. The number of carbonyl (C=O) groups is 3. The highest BCUT2D eigenvalue weighted by atomic mass is 32.2. The lowest BCUT2D eigenvalue weighted by atomic mass is 9.99. The zero-order chi connectivity index (χ0) is 28.6. The number of amides is 2. The number of para-hydroxylation sites is 2. The van der Waals surface area contributed by atoms with Crippen LogP contribution in [0.1, 0.15) is 24.5 Å². The van der Waals surface area contributed by atoms with E-state index in [2.05, 4.69) is 11.0 Å². The van der Waals surface area contributed by atoms with Crippen LogP contribution in [-0.2, 0) is 19.1 Å². The van der Waals surface area contributed by atoms with Gasteiger partial charge in [0.1, 0.15) is 21.5 Å². The van der Waals surface area contributed by atoms with E-state index in [0.29, 0.717) is 33.0 Å². The van der Waals surface area contributed by atoms with Crippen molar-refractivity contribution in [2.75, 3.05) is 32.1 Å². The minimum atomic E-state index is -1.15. The smallest absolute Gasteiger partial charge is 0.323 e. The summed E-state index contributed by atoms with van der Waals surface area (Å²) in [7, 11) is 3.66. The van der Waals surface area contributed by atoms with Crippen LogP contribution in [0.5, 0.6) is 0 Å². The van der Waals surface area contributed by atoms with Crippen molar-refractivity contribution in [3.05, 3.63) is 81.7 Å². The third-order valence-electron chi connectivity index (χ3n) is 6.84. The molecule has 2 aromatic rings. The van der Waals surface area contributed by atoms with E-state index in [1.165, 1.54) is 21.6 Å². The third-order valence-corrected chi connectivity index (χ3v) is 9.74. The standard InChI is InChI=1S/C29H27N3O5S3/c1-4-31-27(36)25(40-29(31)38)28-32(16-23(33)34)26(35)22(39-28)15-9-12-18-17-10-5-7-13-20(17)30(2)21-14-8-6-11-19(21)24(18)37-3/h5-14,22H,4,15-16H2,1-3H3,(H,33,34)/b12-9+,28-25+. The zero-order valence-corrected chi connectivity index (χ0v) is 24.6. The van der Waals surface area contributed by atoms with E-state index in [1.54, 1.807) is 7.11 Å². The number of carbonyl (C=O) groups excluding carboxylic acids is 2. The van der Waals surface area contributed by atoms with Crippen molar-refractivity contribution in [1.82, 2.24) is 9.80 Å². The highest BCUT2D eigenvalue weighted by Gasteiger charge is 2.43. The first-order valence-electron chi connectivity index (χ1n) is 12.6. The van der Waals surface area contributed by atoms with Crippen molar-refractivity contribution in [3.63, 3.8) is 0 Å². The van der Waals surface area contributed by atoms with Gasteiger partial charge in [-0.1, -0.05) is 78.2 Å². The number of hydrogen-bond donors (Lipinski definition) is 1. The van der Waals surface area contributed by atoms with Crippen LogP contribution in [0.3, 0.4) is 0 Å². The van der Waals surface area contributed by atoms with Crippen molar-refractivity contribution < 1.29 is 24.2 Å². The summed E-state index contributed by atoms with van der Waals surface area (Å²) in [5.41, 5.74) is 4.83. The summed E-state index contributed by atoms with van der Waals surface area (Å²) < 4.78 is 6.34. The highest BCUT2D eigenvalue weighted by Crippen LogP contribution is 2.46. The van der Waals surface area contributed by atoms with Crippen LogP contribution in [-0.4, -0.2) is 69.5 Å². The van der Waals surface area contributed by atoms with Crippen LogP contribution < -0.4 is 4.90 Å². The van der Waals surface area contributed by atoms with E-state index in [0.717, 1.165) is 39.8 Å². The Morgan fingerprint density at radius 1 is 1.07 bits per heavy atom. The molecule has 11 heteroatoms. The first kappa shape index (κ1) is 28.0. The Labute approximate surface area is 246 Å². The average molecular weight is 594 g/mol. The second-order valence-electron chi connectivity index (χ2n) is 9.15. The molecule has 5 rings (SSSR count). The number of allylic oxidation sites excluding steroid dienone is 3. The molecule has 0 aliphatic carbocycles. The molecule has 3 heterocycles. The maximum absolute atomic E-state index is 13.4. The molecule has 3 aliphatic heterocycles. The number of anilines is 2. The molecule has 2 amide bonds. The topological polar surface area (TPSA) is 90.4 Å². The van der Waals surface area contributed by atoms with Gasteiger partial charge in [0.2, 0.25) is 5.91 Å². The highest BCUT2D eigenvalue weighted by molar-refractivity contribution is 8.27. The predicted octanol–water partition coefficient (Wildman–Crippen LogP) is 5.31. The van der Waals surface area contributed by atoms with E-state index in [9.17, 15) is 19.5 Å². The lowest BCUT2D eigenvalue weighted by molar-refractivity contribution is -0.142. The number of benzene rings is 2. The zero-order valence-electron chi connectivity index (χ0n) is 22.1. The van der Waals surface area contributed by atoms with Gasteiger partial charge in [-0.2, -0.15) is 0 Å². The normalized spacial score (nSPS) is 20.9. The van der Waals surface area contributed by atoms with E-state index in [-0.39, 0.29) is 11.8 Å². The van der Waals surface area contributed by atoms with Gasteiger partial charge in [0.25, 0.3) is 5.91 Å². The van der Waals surface area contributed by atoms with Crippen LogP contribution >= 0.6 is 35.7 Å². The number of aliphatic carboxylic acids is 1. The number of thiocarbonyl (C=S) groups is 1. The van der Waals surface area contributed by atoms with E-state index in [1.807, 2.05) is 68.6 Å². The minimum Gasteiger partial charge on any atom is -0.495 e. The number of fused-ring (bicyclic) bond motifs is 2. The minimum absolute atomic E-state index is 0.299. The van der Waals surface area contributed by atoms with Gasteiger partial charge in [-0.15, -0.1) is 0 Å². The van der Waals surface area contributed by atoms with Gasteiger partial charge in [-0.25, -0.2) is 0 Å². The number of methoxy groups -OCH3 is 1. The lowest BCUT2D eigenvalue weighted by Crippen LogP contribution is -2.34. The van der Waals surface area contributed by atoms with Crippen LogP contribution in [0.25, 0.3) is 11.3 Å². The molecule has 40 heavy (non-hydrogen) atoms. The Balaban J connectivity index is 1.50. The summed E-state index contributed by atoms with van der Waals surface area (Å²) in [4.78, 5) is 43.0. The van der Waals surface area contributed by atoms with E-state index < -0.39 is 17.8 Å². The van der Waals surface area contributed by atoms with Crippen molar-refractivity contribution in [2.24, 2.45) is 0 Å². The Bertz CT molecular complexity index is 1520. The van der Waals surface area contributed by atoms with Gasteiger partial charge < -0.3 is 14.7 Å². The van der Waals surface area contributed by atoms with Gasteiger partial charge in [0.15, 0.2) is 0 Å². The number of hydrogen-bond acceptors (Lipinski definition) is 8. The number of nitrogens with zero attached hydrogens (tertiary/aromatic N) is 3. The van der Waals surface area contributed by atoms with Gasteiger partial charge in [0, 0.05) is 36.0 Å². The fourth-order valence-electron chi connectivity index (χ4n) is 4.98. The van der Waals surface area contributed by atoms with E-state index in [4.69, 9.17) is 17.0 Å². The maximum Gasteiger partial charge on any atom is 0.323 e. The second kappa shape index (κ2) is 11.5. The molecule has 0 aromatic heterocycles.